The van der Waals surface area contributed by atoms with Crippen LogP contribution in [0.4, 0.5) is 4.39 Å². The zero-order chi connectivity index (χ0) is 15.3. The van der Waals surface area contributed by atoms with Crippen molar-refractivity contribution in [3.8, 4) is 11.8 Å². The maximum absolute atomic E-state index is 13.4. The Morgan fingerprint density at radius 3 is 3.05 bits per heavy atom. The number of halogens is 1. The van der Waals surface area contributed by atoms with E-state index in [0.717, 1.165) is 12.8 Å². The number of carbonyl (C=O) groups excluding carboxylic acids is 1. The van der Waals surface area contributed by atoms with Crippen LogP contribution in [0.3, 0.4) is 0 Å². The van der Waals surface area contributed by atoms with Gasteiger partial charge in [0.2, 0.25) is 0 Å². The Hall–Kier alpha value is -1.90. The highest BCUT2D eigenvalue weighted by atomic mass is 19.1. The molecule has 0 aliphatic carbocycles. The molecule has 1 aromatic rings. The Morgan fingerprint density at radius 1 is 1.57 bits per heavy atom. The van der Waals surface area contributed by atoms with Crippen molar-refractivity contribution in [3.05, 3.63) is 35.1 Å². The molecule has 112 valence electrons. The SMILES string of the molecule is CC1(NC(=O)c2cc(F)ccc2C#CCN)CCCOC1. The van der Waals surface area contributed by atoms with Crippen LogP contribution in [-0.4, -0.2) is 31.2 Å². The molecule has 1 aliphatic heterocycles. The average molecular weight is 290 g/mol. The highest BCUT2D eigenvalue weighted by Gasteiger charge is 2.30. The van der Waals surface area contributed by atoms with Gasteiger partial charge in [-0.25, -0.2) is 4.39 Å². The molecule has 1 unspecified atom stereocenters. The van der Waals surface area contributed by atoms with E-state index in [9.17, 15) is 9.18 Å². The minimum Gasteiger partial charge on any atom is -0.379 e. The van der Waals surface area contributed by atoms with E-state index in [2.05, 4.69) is 17.2 Å². The number of amides is 1. The first kappa shape index (κ1) is 15.5. The van der Waals surface area contributed by atoms with Crippen molar-refractivity contribution >= 4 is 5.91 Å². The minimum absolute atomic E-state index is 0.185. The molecular weight excluding hydrogens is 271 g/mol. The molecule has 0 aromatic heterocycles. The van der Waals surface area contributed by atoms with Crippen molar-refractivity contribution < 1.29 is 13.9 Å². The number of rotatable bonds is 2. The van der Waals surface area contributed by atoms with Gasteiger partial charge in [-0.2, -0.15) is 0 Å². The molecule has 1 aliphatic rings. The monoisotopic (exact) mass is 290 g/mol. The van der Waals surface area contributed by atoms with Crippen LogP contribution in [-0.2, 0) is 4.74 Å². The van der Waals surface area contributed by atoms with Gasteiger partial charge < -0.3 is 15.8 Å². The Labute approximate surface area is 123 Å². The summed E-state index contributed by atoms with van der Waals surface area (Å²) in [4.78, 5) is 12.4. The summed E-state index contributed by atoms with van der Waals surface area (Å²) in [6.07, 6.45) is 1.72. The first-order chi connectivity index (χ1) is 10.0. The van der Waals surface area contributed by atoms with Gasteiger partial charge in [-0.15, -0.1) is 0 Å². The zero-order valence-electron chi connectivity index (χ0n) is 12.0. The molecule has 0 saturated carbocycles. The second-order valence-corrected chi connectivity index (χ2v) is 5.37. The summed E-state index contributed by atoms with van der Waals surface area (Å²) in [6, 6.07) is 3.97. The molecule has 1 saturated heterocycles. The van der Waals surface area contributed by atoms with Crippen LogP contribution < -0.4 is 11.1 Å². The zero-order valence-corrected chi connectivity index (χ0v) is 12.0. The van der Waals surface area contributed by atoms with E-state index in [0.29, 0.717) is 18.8 Å². The second kappa shape index (κ2) is 6.70. The molecule has 2 rings (SSSR count). The predicted octanol–water partition coefficient (Wildman–Crippen LogP) is 1.43. The van der Waals surface area contributed by atoms with E-state index < -0.39 is 11.4 Å². The molecule has 4 nitrogen and oxygen atoms in total. The fourth-order valence-corrected chi connectivity index (χ4v) is 2.33. The number of nitrogens with two attached hydrogens (primary N) is 1. The minimum atomic E-state index is -0.469. The fourth-order valence-electron chi connectivity index (χ4n) is 2.33. The molecule has 21 heavy (non-hydrogen) atoms. The lowest BCUT2D eigenvalue weighted by atomic mass is 9.94. The van der Waals surface area contributed by atoms with E-state index in [-0.39, 0.29) is 18.0 Å². The topological polar surface area (TPSA) is 64.4 Å². The van der Waals surface area contributed by atoms with Crippen molar-refractivity contribution in [2.45, 2.75) is 25.3 Å². The molecule has 0 radical (unpaired) electrons. The van der Waals surface area contributed by atoms with Crippen LogP contribution >= 0.6 is 0 Å². The maximum atomic E-state index is 13.4. The van der Waals surface area contributed by atoms with Crippen molar-refractivity contribution in [1.29, 1.82) is 0 Å². The average Bonchev–Trinajstić information content (AvgIpc) is 2.46. The largest absolute Gasteiger partial charge is 0.379 e. The molecule has 1 aromatic carbocycles. The lowest BCUT2D eigenvalue weighted by Gasteiger charge is -2.34. The van der Waals surface area contributed by atoms with Crippen LogP contribution in [0.15, 0.2) is 18.2 Å². The van der Waals surface area contributed by atoms with Gasteiger partial charge >= 0.3 is 0 Å². The number of hydrogen-bond acceptors (Lipinski definition) is 3. The standard InChI is InChI=1S/C16H19FN2O2/c1-16(7-3-9-21-11-16)19-15(20)14-10-13(17)6-5-12(14)4-2-8-18/h5-6,10H,3,7-9,11,18H2,1H3,(H,19,20). The first-order valence-electron chi connectivity index (χ1n) is 6.93. The lowest BCUT2D eigenvalue weighted by molar-refractivity contribution is 0.0272. The van der Waals surface area contributed by atoms with E-state index in [1.807, 2.05) is 6.92 Å². The van der Waals surface area contributed by atoms with Crippen LogP contribution in [0.5, 0.6) is 0 Å². The summed E-state index contributed by atoms with van der Waals surface area (Å²) in [6.45, 7) is 3.27. The molecule has 3 N–H and O–H groups in total. The molecule has 1 fully saturated rings. The smallest absolute Gasteiger partial charge is 0.253 e. The van der Waals surface area contributed by atoms with Gasteiger partial charge in [-0.3, -0.25) is 4.79 Å². The molecule has 1 heterocycles. The Kier molecular flexibility index (Phi) is 4.94. The van der Waals surface area contributed by atoms with E-state index in [4.69, 9.17) is 10.5 Å². The number of nitrogens with one attached hydrogen (secondary N) is 1. The van der Waals surface area contributed by atoms with Crippen LogP contribution in [0.1, 0.15) is 35.7 Å². The van der Waals surface area contributed by atoms with Crippen LogP contribution in [0.2, 0.25) is 0 Å². The summed E-state index contributed by atoms with van der Waals surface area (Å²) in [5.41, 5.74) is 5.60. The summed E-state index contributed by atoms with van der Waals surface area (Å²) in [5.74, 6) is 4.67. The summed E-state index contributed by atoms with van der Waals surface area (Å²) in [5, 5.41) is 2.93. The summed E-state index contributed by atoms with van der Waals surface area (Å²) >= 11 is 0. The van der Waals surface area contributed by atoms with Crippen LogP contribution in [0, 0.1) is 17.7 Å². The number of hydrogen-bond donors (Lipinski definition) is 2. The van der Waals surface area contributed by atoms with Gasteiger partial charge in [-0.05, 0) is 38.0 Å². The van der Waals surface area contributed by atoms with Gasteiger partial charge in [0.05, 0.1) is 24.3 Å². The van der Waals surface area contributed by atoms with Gasteiger partial charge in [0.25, 0.3) is 5.91 Å². The van der Waals surface area contributed by atoms with Crippen molar-refractivity contribution in [3.63, 3.8) is 0 Å². The Morgan fingerprint density at radius 2 is 2.38 bits per heavy atom. The molecular formula is C16H19FN2O2. The lowest BCUT2D eigenvalue weighted by Crippen LogP contribution is -2.51. The molecule has 1 amide bonds. The molecule has 0 bridgehead atoms. The third kappa shape index (κ3) is 4.03. The van der Waals surface area contributed by atoms with E-state index >= 15 is 0 Å². The summed E-state index contributed by atoms with van der Waals surface area (Å²) < 4.78 is 18.8. The third-order valence-corrected chi connectivity index (χ3v) is 3.40. The molecule has 1 atom stereocenters. The van der Waals surface area contributed by atoms with Crippen molar-refractivity contribution in [1.82, 2.24) is 5.32 Å². The number of ether oxygens (including phenoxy) is 1. The van der Waals surface area contributed by atoms with Crippen molar-refractivity contribution in [2.24, 2.45) is 5.73 Å². The van der Waals surface area contributed by atoms with Crippen LogP contribution in [0.25, 0.3) is 0 Å². The molecule has 0 spiro atoms. The highest BCUT2D eigenvalue weighted by Crippen LogP contribution is 2.20. The fraction of sp³-hybridized carbons (Fsp3) is 0.438. The van der Waals surface area contributed by atoms with Gasteiger partial charge in [0.1, 0.15) is 5.82 Å². The number of carbonyl (C=O) groups is 1. The van der Waals surface area contributed by atoms with Gasteiger partial charge in [-0.1, -0.05) is 11.8 Å². The maximum Gasteiger partial charge on any atom is 0.253 e. The van der Waals surface area contributed by atoms with Gasteiger partial charge in [0.15, 0.2) is 0 Å². The molecule has 5 heteroatoms. The first-order valence-corrected chi connectivity index (χ1v) is 6.93. The highest BCUT2D eigenvalue weighted by molar-refractivity contribution is 5.97. The quantitative estimate of drug-likeness (QED) is 0.810. The van der Waals surface area contributed by atoms with E-state index in [1.165, 1.54) is 18.2 Å². The summed E-state index contributed by atoms with van der Waals surface area (Å²) in [7, 11) is 0. The Balaban J connectivity index is 2.23. The Bertz CT molecular complexity index is 584. The third-order valence-electron chi connectivity index (χ3n) is 3.40. The van der Waals surface area contributed by atoms with Crippen molar-refractivity contribution in [2.75, 3.05) is 19.8 Å². The van der Waals surface area contributed by atoms with E-state index in [1.54, 1.807) is 0 Å². The normalized spacial score (nSPS) is 21.3. The number of benzene rings is 1. The van der Waals surface area contributed by atoms with Gasteiger partial charge in [0, 0.05) is 12.2 Å². The second-order valence-electron chi connectivity index (χ2n) is 5.37. The predicted molar refractivity (Wildman–Crippen MR) is 78.3 cm³/mol.